The molecule has 0 radical (unpaired) electrons. The highest BCUT2D eigenvalue weighted by molar-refractivity contribution is 7.13. The fourth-order valence-corrected chi connectivity index (χ4v) is 3.68. The molecule has 3 aromatic heterocycles. The molecule has 0 saturated carbocycles. The lowest BCUT2D eigenvalue weighted by Gasteiger charge is -2.10. The largest absolute Gasteiger partial charge is 0.325 e. The first-order chi connectivity index (χ1) is 13.5. The molecule has 0 aliphatic carbocycles. The second-order valence-corrected chi connectivity index (χ2v) is 7.18. The van der Waals surface area contributed by atoms with Crippen LogP contribution in [0.5, 0.6) is 0 Å². The van der Waals surface area contributed by atoms with E-state index in [9.17, 15) is 9.59 Å². The van der Waals surface area contributed by atoms with Gasteiger partial charge in [-0.3, -0.25) is 19.1 Å². The first kappa shape index (κ1) is 18.0. The summed E-state index contributed by atoms with van der Waals surface area (Å²) >= 11 is 1.09. The third kappa shape index (κ3) is 3.41. The number of fused-ring (bicyclic) bond motifs is 1. The Balaban J connectivity index is 1.66. The van der Waals surface area contributed by atoms with Crippen molar-refractivity contribution < 1.29 is 4.79 Å². The van der Waals surface area contributed by atoms with E-state index in [2.05, 4.69) is 19.7 Å². The summed E-state index contributed by atoms with van der Waals surface area (Å²) in [5.41, 5.74) is 3.58. The maximum Gasteiger partial charge on any atom is 0.273 e. The predicted octanol–water partition coefficient (Wildman–Crippen LogP) is 3.17. The lowest BCUT2D eigenvalue weighted by Crippen LogP contribution is -2.29. The Labute approximate surface area is 164 Å². The molecule has 0 atom stereocenters. The number of aryl methyl sites for hydroxylation is 2. The quantitative estimate of drug-likeness (QED) is 0.577. The molecule has 140 valence electrons. The molecule has 0 bridgehead atoms. The molecule has 7 nitrogen and oxygen atoms in total. The van der Waals surface area contributed by atoms with E-state index in [1.54, 1.807) is 19.3 Å². The van der Waals surface area contributed by atoms with Crippen LogP contribution < -0.4 is 10.9 Å². The number of anilines is 1. The van der Waals surface area contributed by atoms with Gasteiger partial charge in [0.2, 0.25) is 5.91 Å². The lowest BCUT2D eigenvalue weighted by atomic mass is 10.2. The van der Waals surface area contributed by atoms with Gasteiger partial charge in [0.05, 0.1) is 0 Å². The summed E-state index contributed by atoms with van der Waals surface area (Å²) < 4.78 is 6.21. The Morgan fingerprint density at radius 2 is 1.82 bits per heavy atom. The van der Waals surface area contributed by atoms with Crippen LogP contribution in [-0.4, -0.2) is 24.8 Å². The molecule has 4 aromatic rings. The number of nitrogens with one attached hydrogen (secondary N) is 1. The van der Waals surface area contributed by atoms with Gasteiger partial charge >= 0.3 is 0 Å². The minimum Gasteiger partial charge on any atom is -0.325 e. The third-order valence-corrected chi connectivity index (χ3v) is 5.19. The van der Waals surface area contributed by atoms with Crippen LogP contribution in [-0.2, 0) is 11.3 Å². The Hall–Kier alpha value is -3.39. The summed E-state index contributed by atoms with van der Waals surface area (Å²) in [7, 11) is 0. The van der Waals surface area contributed by atoms with Gasteiger partial charge in [-0.05, 0) is 49.6 Å². The Morgan fingerprint density at radius 3 is 2.54 bits per heavy atom. The molecule has 0 saturated heterocycles. The number of rotatable bonds is 4. The number of benzene rings is 1. The van der Waals surface area contributed by atoms with Crippen molar-refractivity contribution in [3.63, 3.8) is 0 Å². The van der Waals surface area contributed by atoms with E-state index in [4.69, 9.17) is 0 Å². The molecule has 1 N–H and O–H groups in total. The smallest absolute Gasteiger partial charge is 0.273 e. The van der Waals surface area contributed by atoms with Crippen molar-refractivity contribution in [2.24, 2.45) is 0 Å². The highest BCUT2D eigenvalue weighted by atomic mass is 32.1. The van der Waals surface area contributed by atoms with E-state index < -0.39 is 0 Å². The number of amides is 1. The van der Waals surface area contributed by atoms with Crippen molar-refractivity contribution in [3.8, 4) is 11.3 Å². The Morgan fingerprint density at radius 1 is 1.11 bits per heavy atom. The molecule has 0 spiro atoms. The van der Waals surface area contributed by atoms with E-state index in [1.807, 2.05) is 43.3 Å². The number of nitrogens with zero attached hydrogens (tertiary/aromatic N) is 4. The van der Waals surface area contributed by atoms with Crippen molar-refractivity contribution in [2.45, 2.75) is 20.4 Å². The van der Waals surface area contributed by atoms with E-state index >= 15 is 0 Å². The van der Waals surface area contributed by atoms with E-state index in [1.165, 1.54) is 4.57 Å². The van der Waals surface area contributed by atoms with E-state index in [-0.39, 0.29) is 18.0 Å². The van der Waals surface area contributed by atoms with E-state index in [0.717, 1.165) is 22.7 Å². The molecular formula is C20H17N5O2S. The second kappa shape index (κ2) is 7.32. The van der Waals surface area contributed by atoms with Gasteiger partial charge in [0, 0.05) is 23.6 Å². The Kier molecular flexibility index (Phi) is 4.70. The van der Waals surface area contributed by atoms with Crippen molar-refractivity contribution in [3.05, 3.63) is 70.5 Å². The van der Waals surface area contributed by atoms with Gasteiger partial charge in [0.1, 0.15) is 28.3 Å². The summed E-state index contributed by atoms with van der Waals surface area (Å²) in [6.45, 7) is 3.59. The van der Waals surface area contributed by atoms with Gasteiger partial charge in [0.25, 0.3) is 5.56 Å². The molecule has 0 unspecified atom stereocenters. The van der Waals surface area contributed by atoms with Gasteiger partial charge in [-0.1, -0.05) is 17.7 Å². The number of hydrogen-bond acceptors (Lipinski definition) is 6. The maximum absolute atomic E-state index is 12.9. The van der Waals surface area contributed by atoms with Crippen LogP contribution in [0.3, 0.4) is 0 Å². The molecule has 0 aliphatic rings. The maximum atomic E-state index is 12.9. The SMILES string of the molecule is Cc1ccc(NC(=O)Cn2c(C)nc3c(-c4ccncc4)nsc3c2=O)cc1. The monoisotopic (exact) mass is 391 g/mol. The Bertz CT molecular complexity index is 1210. The summed E-state index contributed by atoms with van der Waals surface area (Å²) in [5, 5.41) is 2.81. The first-order valence-corrected chi connectivity index (χ1v) is 9.44. The fraction of sp³-hybridized carbons (Fsp3) is 0.150. The molecule has 3 heterocycles. The molecule has 0 aliphatic heterocycles. The summed E-state index contributed by atoms with van der Waals surface area (Å²) in [5.74, 6) is 0.182. The van der Waals surface area contributed by atoms with Gasteiger partial charge in [0.15, 0.2) is 0 Å². The van der Waals surface area contributed by atoms with Gasteiger partial charge in [-0.15, -0.1) is 0 Å². The predicted molar refractivity (Wildman–Crippen MR) is 109 cm³/mol. The van der Waals surface area contributed by atoms with Crippen LogP contribution in [0.4, 0.5) is 5.69 Å². The first-order valence-electron chi connectivity index (χ1n) is 8.66. The molecule has 1 amide bonds. The normalized spacial score (nSPS) is 10.9. The molecule has 1 aromatic carbocycles. The van der Waals surface area contributed by atoms with Gasteiger partial charge < -0.3 is 5.32 Å². The van der Waals surface area contributed by atoms with Gasteiger partial charge in [-0.2, -0.15) is 4.37 Å². The van der Waals surface area contributed by atoms with E-state index in [0.29, 0.717) is 27.4 Å². The minimum atomic E-state index is -0.283. The van der Waals surface area contributed by atoms with Crippen molar-refractivity contribution in [2.75, 3.05) is 5.32 Å². The molecule has 0 fully saturated rings. The number of carbonyl (C=O) groups is 1. The zero-order valence-electron chi connectivity index (χ0n) is 15.3. The highest BCUT2D eigenvalue weighted by Gasteiger charge is 2.17. The number of carbonyl (C=O) groups excluding carboxylic acids is 1. The number of pyridine rings is 1. The van der Waals surface area contributed by atoms with Crippen LogP contribution in [0.1, 0.15) is 11.4 Å². The summed E-state index contributed by atoms with van der Waals surface area (Å²) in [6, 6.07) is 11.1. The average molecular weight is 391 g/mol. The third-order valence-electron chi connectivity index (χ3n) is 4.36. The van der Waals surface area contributed by atoms with Gasteiger partial charge in [-0.25, -0.2) is 4.98 Å². The summed E-state index contributed by atoms with van der Waals surface area (Å²) in [4.78, 5) is 33.9. The van der Waals surface area contributed by atoms with Crippen LogP contribution in [0.25, 0.3) is 21.5 Å². The fourth-order valence-electron chi connectivity index (χ4n) is 2.89. The standard InChI is InChI=1S/C20H17N5O2S/c1-12-3-5-15(6-4-12)23-16(26)11-25-13(2)22-18-17(14-7-9-21-10-8-14)24-28-19(18)20(25)27/h3-10H,11H2,1-2H3,(H,23,26). The zero-order chi connectivity index (χ0) is 19.7. The van der Waals surface area contributed by atoms with Crippen LogP contribution in [0, 0.1) is 13.8 Å². The van der Waals surface area contributed by atoms with Crippen LogP contribution in [0.2, 0.25) is 0 Å². The second-order valence-electron chi connectivity index (χ2n) is 6.41. The average Bonchev–Trinajstić information content (AvgIpc) is 3.11. The molecular weight excluding hydrogens is 374 g/mol. The number of hydrogen-bond donors (Lipinski definition) is 1. The molecule has 8 heteroatoms. The summed E-state index contributed by atoms with van der Waals surface area (Å²) in [6.07, 6.45) is 3.34. The topological polar surface area (TPSA) is 89.8 Å². The number of aromatic nitrogens is 4. The van der Waals surface area contributed by atoms with Crippen molar-refractivity contribution in [1.29, 1.82) is 0 Å². The zero-order valence-corrected chi connectivity index (χ0v) is 16.2. The van der Waals surface area contributed by atoms with Crippen molar-refractivity contribution >= 4 is 33.3 Å². The minimum absolute atomic E-state index is 0.107. The van der Waals surface area contributed by atoms with Crippen molar-refractivity contribution in [1.82, 2.24) is 18.9 Å². The molecule has 28 heavy (non-hydrogen) atoms. The lowest BCUT2D eigenvalue weighted by molar-refractivity contribution is -0.116. The van der Waals surface area contributed by atoms with Crippen LogP contribution >= 0.6 is 11.5 Å². The highest BCUT2D eigenvalue weighted by Crippen LogP contribution is 2.27. The molecule has 4 rings (SSSR count). The van der Waals surface area contributed by atoms with Crippen LogP contribution in [0.15, 0.2) is 53.6 Å².